The van der Waals surface area contributed by atoms with E-state index in [9.17, 15) is 0 Å². The van der Waals surface area contributed by atoms with Gasteiger partial charge in [0, 0.05) is 43.1 Å². The zero-order chi connectivity index (χ0) is 23.6. The van der Waals surface area contributed by atoms with Gasteiger partial charge in [-0.3, -0.25) is 0 Å². The molecule has 6 fully saturated rings. The highest BCUT2D eigenvalue weighted by Crippen LogP contribution is 2.31. The summed E-state index contributed by atoms with van der Waals surface area (Å²) in [4.78, 5) is 2.01. The SMILES string of the molecule is NC1CCC2NC3CC(NC4CCCCC4)C(NC4CCCCC4)CC3[NH+](C3CCCCC3)C2C1. The Kier molecular flexibility index (Phi) is 8.37. The molecule has 8 unspecified atom stereocenters. The molecule has 8 atom stereocenters. The van der Waals surface area contributed by atoms with E-state index in [1.807, 2.05) is 4.90 Å². The molecule has 0 aromatic heterocycles. The van der Waals surface area contributed by atoms with Crippen LogP contribution in [0.2, 0.25) is 0 Å². The molecule has 0 aromatic rings. The van der Waals surface area contributed by atoms with Crippen molar-refractivity contribution in [2.75, 3.05) is 0 Å². The van der Waals surface area contributed by atoms with Crippen LogP contribution in [-0.4, -0.2) is 60.4 Å². The van der Waals surface area contributed by atoms with Crippen LogP contribution in [0.4, 0.5) is 0 Å². The third-order valence-corrected chi connectivity index (χ3v) is 11.3. The van der Waals surface area contributed by atoms with Crippen molar-refractivity contribution < 1.29 is 4.90 Å². The average Bonchev–Trinajstić information content (AvgIpc) is 2.90. The third kappa shape index (κ3) is 5.79. The molecule has 0 spiro atoms. The Bertz CT molecular complexity index is 653. The number of hydrogen-bond donors (Lipinski definition) is 5. The molecule has 6 rings (SSSR count). The van der Waals surface area contributed by atoms with Gasteiger partial charge in [0.1, 0.15) is 12.1 Å². The first kappa shape index (κ1) is 25.1. The van der Waals surface area contributed by atoms with E-state index in [2.05, 4.69) is 16.0 Å². The van der Waals surface area contributed by atoms with E-state index in [-0.39, 0.29) is 0 Å². The van der Waals surface area contributed by atoms with Crippen LogP contribution in [0, 0.1) is 0 Å². The van der Waals surface area contributed by atoms with Gasteiger partial charge in [0.25, 0.3) is 0 Å². The first-order chi connectivity index (χ1) is 17.2. The summed E-state index contributed by atoms with van der Waals surface area (Å²) < 4.78 is 0. The highest BCUT2D eigenvalue weighted by molar-refractivity contribution is 5.04. The molecule has 0 aromatic carbocycles. The van der Waals surface area contributed by atoms with Gasteiger partial charge >= 0.3 is 0 Å². The minimum atomic E-state index is 0.425. The highest BCUT2D eigenvalue weighted by atomic mass is 15.3. The molecule has 0 bridgehead atoms. The van der Waals surface area contributed by atoms with E-state index in [1.54, 1.807) is 0 Å². The molecule has 5 saturated carbocycles. The Hall–Kier alpha value is -0.200. The van der Waals surface area contributed by atoms with Crippen LogP contribution in [-0.2, 0) is 0 Å². The largest absolute Gasteiger partial charge is 0.327 e. The molecule has 0 radical (unpaired) electrons. The maximum atomic E-state index is 6.62. The smallest absolute Gasteiger partial charge is 0.105 e. The minimum absolute atomic E-state index is 0.425. The van der Waals surface area contributed by atoms with Crippen molar-refractivity contribution in [3.8, 4) is 0 Å². The molecule has 6 N–H and O–H groups in total. The standard InChI is InChI=1S/C30H55N5/c31-21-16-17-25-29(18-21)35(24-14-8-3-9-15-24)30-20-27(33-23-12-6-2-7-13-23)26(19-28(30)34-25)32-22-10-4-1-5-11-22/h21-30,32-34H,1-20,31H2/p+1. The number of hydrogen-bond acceptors (Lipinski definition) is 4. The summed E-state index contributed by atoms with van der Waals surface area (Å²) in [7, 11) is 0. The molecule has 1 saturated heterocycles. The van der Waals surface area contributed by atoms with Gasteiger partial charge in [-0.25, -0.2) is 0 Å². The molecular weight excluding hydrogens is 430 g/mol. The molecule has 35 heavy (non-hydrogen) atoms. The van der Waals surface area contributed by atoms with Crippen LogP contribution < -0.4 is 26.6 Å². The van der Waals surface area contributed by atoms with Crippen molar-refractivity contribution in [2.24, 2.45) is 5.73 Å². The van der Waals surface area contributed by atoms with Crippen molar-refractivity contribution in [1.29, 1.82) is 0 Å². The summed E-state index contributed by atoms with van der Waals surface area (Å²) in [5.41, 5.74) is 6.62. The topological polar surface area (TPSA) is 66.5 Å². The van der Waals surface area contributed by atoms with Crippen molar-refractivity contribution in [1.82, 2.24) is 16.0 Å². The molecule has 1 heterocycles. The first-order valence-electron chi connectivity index (χ1n) is 16.1. The van der Waals surface area contributed by atoms with Gasteiger partial charge in [-0.15, -0.1) is 0 Å². The van der Waals surface area contributed by atoms with Crippen LogP contribution in [0.5, 0.6) is 0 Å². The fourth-order valence-corrected chi connectivity index (χ4v) is 9.63. The van der Waals surface area contributed by atoms with Crippen LogP contribution in [0.1, 0.15) is 128 Å². The summed E-state index contributed by atoms with van der Waals surface area (Å²) in [5, 5.41) is 12.9. The van der Waals surface area contributed by atoms with Crippen LogP contribution in [0.3, 0.4) is 0 Å². The number of fused-ring (bicyclic) bond motifs is 2. The summed E-state index contributed by atoms with van der Waals surface area (Å²) >= 11 is 0. The number of nitrogens with one attached hydrogen (secondary N) is 4. The molecule has 200 valence electrons. The summed E-state index contributed by atoms with van der Waals surface area (Å²) in [5.74, 6) is 0. The predicted octanol–water partition coefficient (Wildman–Crippen LogP) is 3.17. The number of quaternary nitrogens is 1. The Morgan fingerprint density at radius 1 is 0.543 bits per heavy atom. The molecule has 1 aliphatic heterocycles. The highest BCUT2D eigenvalue weighted by Gasteiger charge is 2.54. The first-order valence-corrected chi connectivity index (χ1v) is 16.1. The van der Waals surface area contributed by atoms with Crippen LogP contribution in [0.15, 0.2) is 0 Å². The lowest BCUT2D eigenvalue weighted by atomic mass is 9.73. The average molecular weight is 487 g/mol. The van der Waals surface area contributed by atoms with Gasteiger partial charge in [0.2, 0.25) is 0 Å². The maximum absolute atomic E-state index is 6.62. The second-order valence-electron chi connectivity index (χ2n) is 13.7. The Balaban J connectivity index is 1.23. The molecular formula is C30H56N5+. The normalized spacial score (nSPS) is 44.5. The van der Waals surface area contributed by atoms with Crippen molar-refractivity contribution >= 4 is 0 Å². The number of rotatable bonds is 5. The van der Waals surface area contributed by atoms with Gasteiger partial charge in [0.15, 0.2) is 0 Å². The monoisotopic (exact) mass is 486 g/mol. The van der Waals surface area contributed by atoms with Gasteiger partial charge in [0.05, 0.1) is 18.1 Å². The lowest BCUT2D eigenvalue weighted by molar-refractivity contribution is -0.984. The van der Waals surface area contributed by atoms with Crippen LogP contribution >= 0.6 is 0 Å². The molecule has 5 nitrogen and oxygen atoms in total. The van der Waals surface area contributed by atoms with E-state index in [0.717, 1.165) is 30.2 Å². The van der Waals surface area contributed by atoms with Gasteiger partial charge < -0.3 is 26.6 Å². The fraction of sp³-hybridized carbons (Fsp3) is 1.00. The molecule has 0 amide bonds. The van der Waals surface area contributed by atoms with Gasteiger partial charge in [-0.05, 0) is 70.6 Å². The van der Waals surface area contributed by atoms with Crippen molar-refractivity contribution in [3.05, 3.63) is 0 Å². The van der Waals surface area contributed by atoms with E-state index in [0.29, 0.717) is 30.2 Å². The lowest BCUT2D eigenvalue weighted by Gasteiger charge is -2.57. The Morgan fingerprint density at radius 2 is 1.09 bits per heavy atom. The van der Waals surface area contributed by atoms with E-state index >= 15 is 0 Å². The lowest BCUT2D eigenvalue weighted by Crippen LogP contribution is -3.27. The predicted molar refractivity (Wildman–Crippen MR) is 145 cm³/mol. The zero-order valence-corrected chi connectivity index (χ0v) is 22.5. The summed E-state index contributed by atoms with van der Waals surface area (Å²) in [6, 6.07) is 7.02. The second-order valence-corrected chi connectivity index (χ2v) is 13.7. The van der Waals surface area contributed by atoms with Gasteiger partial charge in [-0.1, -0.05) is 44.9 Å². The number of nitrogens with two attached hydrogens (primary N) is 1. The Labute approximate surface area is 215 Å². The second kappa shape index (κ2) is 11.7. The fourth-order valence-electron chi connectivity index (χ4n) is 9.63. The van der Waals surface area contributed by atoms with Crippen molar-refractivity contribution in [3.63, 3.8) is 0 Å². The maximum Gasteiger partial charge on any atom is 0.105 e. The van der Waals surface area contributed by atoms with E-state index in [1.165, 1.54) is 128 Å². The number of piperazine rings is 1. The molecule has 5 aliphatic carbocycles. The quantitative estimate of drug-likeness (QED) is 0.414. The molecule has 5 heteroatoms. The van der Waals surface area contributed by atoms with Crippen molar-refractivity contribution in [2.45, 2.75) is 189 Å². The summed E-state index contributed by atoms with van der Waals surface area (Å²) in [6.07, 6.45) is 28.0. The van der Waals surface area contributed by atoms with Gasteiger partial charge in [-0.2, -0.15) is 0 Å². The minimum Gasteiger partial charge on any atom is -0.327 e. The molecule has 6 aliphatic rings. The van der Waals surface area contributed by atoms with E-state index < -0.39 is 0 Å². The third-order valence-electron chi connectivity index (χ3n) is 11.3. The van der Waals surface area contributed by atoms with E-state index in [4.69, 9.17) is 5.73 Å². The Morgan fingerprint density at radius 3 is 1.71 bits per heavy atom. The zero-order valence-electron chi connectivity index (χ0n) is 22.5. The van der Waals surface area contributed by atoms with Crippen LogP contribution in [0.25, 0.3) is 0 Å². The summed E-state index contributed by atoms with van der Waals surface area (Å²) in [6.45, 7) is 0.